The van der Waals surface area contributed by atoms with E-state index < -0.39 is 27.6 Å². The molecule has 0 spiro atoms. The average molecular weight is 487 g/mol. The van der Waals surface area contributed by atoms with Crippen LogP contribution in [-0.2, 0) is 20.4 Å². The lowest BCUT2D eigenvalue weighted by Gasteiger charge is -2.17. The van der Waals surface area contributed by atoms with Gasteiger partial charge >= 0.3 is 12.0 Å². The first-order chi connectivity index (χ1) is 15.5. The molecular formula is C21H23F2NO8S. The molecule has 12 heteroatoms. The molecule has 0 bridgehead atoms. The van der Waals surface area contributed by atoms with Gasteiger partial charge in [0.1, 0.15) is 23.0 Å². The molecule has 2 aromatic carbocycles. The monoisotopic (exact) mass is 487 g/mol. The highest BCUT2D eigenvalue weighted by Crippen LogP contribution is 2.35. The van der Waals surface area contributed by atoms with Crippen LogP contribution in [0.2, 0.25) is 0 Å². The molecule has 0 aromatic heterocycles. The van der Waals surface area contributed by atoms with Crippen LogP contribution in [-0.4, -0.2) is 54.0 Å². The maximum atomic E-state index is 13.6. The third kappa shape index (κ3) is 6.48. The number of carboxylic acids is 1. The van der Waals surface area contributed by atoms with Crippen LogP contribution in [0.1, 0.15) is 11.1 Å². The summed E-state index contributed by atoms with van der Waals surface area (Å²) in [6, 6.07) is 2.52. The van der Waals surface area contributed by atoms with Crippen molar-refractivity contribution in [2.24, 2.45) is 0 Å². The molecule has 0 aliphatic rings. The van der Waals surface area contributed by atoms with Crippen LogP contribution in [0.15, 0.2) is 35.7 Å². The number of benzene rings is 2. The molecule has 0 radical (unpaired) electrons. The van der Waals surface area contributed by atoms with E-state index in [1.54, 1.807) is 17.4 Å². The quantitative estimate of drug-likeness (QED) is 0.460. The minimum absolute atomic E-state index is 0.0830. The Morgan fingerprint density at radius 2 is 1.58 bits per heavy atom. The summed E-state index contributed by atoms with van der Waals surface area (Å²) in [6.07, 6.45) is 1.29. The number of anilines is 1. The molecule has 0 atom stereocenters. The topological polar surface area (TPSA) is 120 Å². The Balaban J connectivity index is 2.36. The Hall–Kier alpha value is -3.54. The summed E-state index contributed by atoms with van der Waals surface area (Å²) in [7, 11) is 1.57. The third-order valence-electron chi connectivity index (χ3n) is 4.39. The molecule has 2 N–H and O–H groups in total. The van der Waals surface area contributed by atoms with Gasteiger partial charge in [0.25, 0.3) is 0 Å². The first-order valence-corrected chi connectivity index (χ1v) is 10.9. The number of sulfone groups is 1. The Labute approximate surface area is 189 Å². The summed E-state index contributed by atoms with van der Waals surface area (Å²) >= 11 is 0. The number of hydrogen-bond donors (Lipinski definition) is 2. The number of rotatable bonds is 11. The van der Waals surface area contributed by atoms with Crippen molar-refractivity contribution in [3.8, 4) is 23.0 Å². The molecule has 0 fully saturated rings. The van der Waals surface area contributed by atoms with E-state index in [4.69, 9.17) is 24.1 Å². The molecule has 0 heterocycles. The summed E-state index contributed by atoms with van der Waals surface area (Å²) in [4.78, 5) is 10.7. The van der Waals surface area contributed by atoms with E-state index in [9.17, 15) is 22.0 Å². The predicted molar refractivity (Wildman–Crippen MR) is 117 cm³/mol. The fraction of sp³-hybridized carbons (Fsp3) is 0.286. The Morgan fingerprint density at radius 1 is 1.00 bits per heavy atom. The number of halogens is 2. The average Bonchev–Trinajstić information content (AvgIpc) is 2.76. The van der Waals surface area contributed by atoms with E-state index >= 15 is 0 Å². The first-order valence-electron chi connectivity index (χ1n) is 9.23. The largest absolute Gasteiger partial charge is 0.496 e. The second-order valence-corrected chi connectivity index (χ2v) is 8.48. The lowest BCUT2D eigenvalue weighted by atomic mass is 10.1. The van der Waals surface area contributed by atoms with Gasteiger partial charge in [-0.1, -0.05) is 6.07 Å². The van der Waals surface area contributed by atoms with Crippen LogP contribution in [0, 0.1) is 0 Å². The Kier molecular flexibility index (Phi) is 8.09. The number of carbonyl (C=O) groups is 1. The molecular weight excluding hydrogens is 464 g/mol. The van der Waals surface area contributed by atoms with Gasteiger partial charge in [-0.25, -0.2) is 13.2 Å². The predicted octanol–water partition coefficient (Wildman–Crippen LogP) is 3.40. The fourth-order valence-corrected chi connectivity index (χ4v) is 3.90. The van der Waals surface area contributed by atoms with Gasteiger partial charge in [0, 0.05) is 17.5 Å². The van der Waals surface area contributed by atoms with Gasteiger partial charge in [0.2, 0.25) is 0 Å². The van der Waals surface area contributed by atoms with Crippen LogP contribution in [0.3, 0.4) is 0 Å². The van der Waals surface area contributed by atoms with Gasteiger partial charge in [0.05, 0.1) is 45.4 Å². The lowest BCUT2D eigenvalue weighted by molar-refractivity contribution is -0.160. The van der Waals surface area contributed by atoms with E-state index in [0.717, 1.165) is 11.5 Å². The van der Waals surface area contributed by atoms with Gasteiger partial charge < -0.3 is 29.4 Å². The highest BCUT2D eigenvalue weighted by atomic mass is 32.2. The number of aliphatic carboxylic acids is 1. The Bertz CT molecular complexity index is 1120. The summed E-state index contributed by atoms with van der Waals surface area (Å²) < 4.78 is 73.2. The Morgan fingerprint density at radius 3 is 2.06 bits per heavy atom. The first kappa shape index (κ1) is 25.7. The van der Waals surface area contributed by atoms with Gasteiger partial charge in [-0.2, -0.15) is 8.78 Å². The SMILES string of the molecule is COc1cc(OC)c(/C=C/S(=O)(=O)Cc2ccc(OC)c(NC(F)(F)C(=O)O)c2)c(OC)c1. The minimum Gasteiger partial charge on any atom is -0.496 e. The van der Waals surface area contributed by atoms with E-state index in [-0.39, 0.29) is 17.0 Å². The van der Waals surface area contributed by atoms with Crippen molar-refractivity contribution >= 4 is 27.6 Å². The number of nitrogens with one attached hydrogen (secondary N) is 1. The lowest BCUT2D eigenvalue weighted by Crippen LogP contribution is -2.37. The van der Waals surface area contributed by atoms with Crippen molar-refractivity contribution in [1.82, 2.24) is 0 Å². The third-order valence-corrected chi connectivity index (χ3v) is 5.67. The van der Waals surface area contributed by atoms with E-state index in [2.05, 4.69) is 0 Å². The van der Waals surface area contributed by atoms with Crippen molar-refractivity contribution in [1.29, 1.82) is 0 Å². The van der Waals surface area contributed by atoms with Crippen molar-refractivity contribution in [3.63, 3.8) is 0 Å². The zero-order valence-electron chi connectivity index (χ0n) is 18.2. The molecule has 0 saturated heterocycles. The number of methoxy groups -OCH3 is 4. The maximum Gasteiger partial charge on any atom is 0.420 e. The molecule has 9 nitrogen and oxygen atoms in total. The molecule has 0 saturated carbocycles. The summed E-state index contributed by atoms with van der Waals surface area (Å²) in [5.74, 6) is -1.97. The number of hydrogen-bond acceptors (Lipinski definition) is 8. The van der Waals surface area contributed by atoms with Gasteiger partial charge in [0.15, 0.2) is 9.84 Å². The standard InChI is InChI=1S/C21H23F2NO8S/c1-29-14-10-18(31-3)15(19(11-14)32-4)7-8-33(27,28)12-13-5-6-17(30-2)16(9-13)24-21(22,23)20(25)26/h5-11,24H,12H2,1-4H3,(H,25,26)/b8-7+. The zero-order valence-corrected chi connectivity index (χ0v) is 19.0. The number of carboxylic acid groups (broad SMARTS) is 1. The molecule has 0 aliphatic carbocycles. The van der Waals surface area contributed by atoms with Crippen LogP contribution in [0.25, 0.3) is 6.08 Å². The molecule has 0 unspecified atom stereocenters. The second-order valence-electron chi connectivity index (χ2n) is 6.59. The van der Waals surface area contributed by atoms with Crippen molar-refractivity contribution < 1.29 is 46.0 Å². The highest BCUT2D eigenvalue weighted by molar-refractivity contribution is 7.93. The van der Waals surface area contributed by atoms with E-state index in [0.29, 0.717) is 22.8 Å². The van der Waals surface area contributed by atoms with Gasteiger partial charge in [-0.15, -0.1) is 0 Å². The van der Waals surface area contributed by atoms with Crippen molar-refractivity contribution in [2.75, 3.05) is 33.8 Å². The van der Waals surface area contributed by atoms with E-state index in [1.165, 1.54) is 46.6 Å². The van der Waals surface area contributed by atoms with Crippen LogP contribution in [0.4, 0.5) is 14.5 Å². The van der Waals surface area contributed by atoms with Crippen LogP contribution in [0.5, 0.6) is 23.0 Å². The number of ether oxygens (including phenoxy) is 4. The van der Waals surface area contributed by atoms with Crippen LogP contribution >= 0.6 is 0 Å². The summed E-state index contributed by atoms with van der Waals surface area (Å²) in [5.41, 5.74) is 0.0976. The molecule has 2 rings (SSSR count). The van der Waals surface area contributed by atoms with E-state index in [1.807, 2.05) is 0 Å². The van der Waals surface area contributed by atoms with Gasteiger partial charge in [-0.05, 0) is 23.8 Å². The second kappa shape index (κ2) is 10.4. The zero-order chi connectivity index (χ0) is 24.8. The summed E-state index contributed by atoms with van der Waals surface area (Å²) in [6.45, 7) is 0. The molecule has 33 heavy (non-hydrogen) atoms. The minimum atomic E-state index is -4.29. The maximum absolute atomic E-state index is 13.6. The molecule has 0 amide bonds. The smallest absolute Gasteiger partial charge is 0.420 e. The normalized spacial score (nSPS) is 11.8. The van der Waals surface area contributed by atoms with Crippen LogP contribution < -0.4 is 24.3 Å². The molecule has 2 aromatic rings. The number of alkyl halides is 2. The van der Waals surface area contributed by atoms with Crippen molar-refractivity contribution in [2.45, 2.75) is 11.8 Å². The molecule has 0 aliphatic heterocycles. The summed E-state index contributed by atoms with van der Waals surface area (Å²) in [5, 5.41) is 11.1. The molecule has 180 valence electrons. The van der Waals surface area contributed by atoms with Crippen molar-refractivity contribution in [3.05, 3.63) is 46.9 Å². The highest BCUT2D eigenvalue weighted by Gasteiger charge is 2.39. The fourth-order valence-electron chi connectivity index (χ4n) is 2.81. The van der Waals surface area contributed by atoms with Gasteiger partial charge in [-0.3, -0.25) is 0 Å².